The Hall–Kier alpha value is -2.02. The molecule has 6 nitrogen and oxygen atoms in total. The van der Waals surface area contributed by atoms with Crippen LogP contribution in [0, 0.1) is 13.8 Å². The van der Waals surface area contributed by atoms with E-state index in [-0.39, 0.29) is 10.8 Å². The predicted molar refractivity (Wildman–Crippen MR) is 67.6 cm³/mol. The number of benzene rings is 1. The maximum atomic E-state index is 12.1. The fourth-order valence-electron chi connectivity index (χ4n) is 1.51. The number of sulfonamides is 1. The fraction of sp³-hybridized carbons (Fsp3) is 0.182. The average molecular weight is 267 g/mol. The molecule has 0 aliphatic carbocycles. The average Bonchev–Trinajstić information content (AvgIpc) is 2.66. The first-order valence-electron chi connectivity index (χ1n) is 5.21. The van der Waals surface area contributed by atoms with Gasteiger partial charge < -0.3 is 10.3 Å². The highest BCUT2D eigenvalue weighted by molar-refractivity contribution is 7.92. The van der Waals surface area contributed by atoms with Crippen molar-refractivity contribution in [1.82, 2.24) is 5.16 Å². The van der Waals surface area contributed by atoms with Crippen molar-refractivity contribution in [2.24, 2.45) is 0 Å². The molecule has 2 aromatic rings. The zero-order valence-electron chi connectivity index (χ0n) is 9.97. The van der Waals surface area contributed by atoms with E-state index in [0.717, 1.165) is 0 Å². The third kappa shape index (κ3) is 2.45. The fourth-order valence-corrected chi connectivity index (χ4v) is 2.76. The van der Waals surface area contributed by atoms with Crippen LogP contribution >= 0.6 is 0 Å². The molecule has 7 heteroatoms. The Kier molecular flexibility index (Phi) is 3.00. The number of nitrogens with two attached hydrogens (primary N) is 1. The van der Waals surface area contributed by atoms with Crippen molar-refractivity contribution < 1.29 is 12.9 Å². The molecule has 2 rings (SSSR count). The molecule has 0 bridgehead atoms. The Morgan fingerprint density at radius 3 is 2.61 bits per heavy atom. The van der Waals surface area contributed by atoms with E-state index in [4.69, 9.17) is 10.3 Å². The number of nitrogens with one attached hydrogen (secondary N) is 1. The Labute approximate surface area is 105 Å². The van der Waals surface area contributed by atoms with Crippen molar-refractivity contribution in [3.63, 3.8) is 0 Å². The van der Waals surface area contributed by atoms with E-state index in [1.807, 2.05) is 0 Å². The van der Waals surface area contributed by atoms with E-state index in [1.165, 1.54) is 12.1 Å². The Balaban J connectivity index is 2.39. The first-order valence-corrected chi connectivity index (χ1v) is 6.69. The summed E-state index contributed by atoms with van der Waals surface area (Å²) in [6.45, 7) is 3.40. The highest BCUT2D eigenvalue weighted by atomic mass is 32.2. The largest absolute Gasteiger partial charge is 0.399 e. The molecule has 0 unspecified atom stereocenters. The molecular formula is C11H13N3O3S. The van der Waals surface area contributed by atoms with E-state index in [9.17, 15) is 8.42 Å². The minimum atomic E-state index is -3.72. The summed E-state index contributed by atoms with van der Waals surface area (Å²) in [4.78, 5) is 0.122. The smallest absolute Gasteiger partial charge is 0.264 e. The first kappa shape index (κ1) is 12.4. The topological polar surface area (TPSA) is 98.2 Å². The Morgan fingerprint density at radius 1 is 1.28 bits per heavy atom. The molecule has 3 N–H and O–H groups in total. The van der Waals surface area contributed by atoms with Gasteiger partial charge in [-0.2, -0.15) is 0 Å². The second-order valence-electron chi connectivity index (χ2n) is 3.96. The van der Waals surface area contributed by atoms with Crippen LogP contribution in [0.15, 0.2) is 33.7 Å². The van der Waals surface area contributed by atoms with Gasteiger partial charge in [0.1, 0.15) is 0 Å². The number of aromatic nitrogens is 1. The maximum absolute atomic E-state index is 12.1. The lowest BCUT2D eigenvalue weighted by Gasteiger charge is -2.08. The van der Waals surface area contributed by atoms with Gasteiger partial charge in [0.25, 0.3) is 10.0 Å². The second-order valence-corrected chi connectivity index (χ2v) is 5.61. The van der Waals surface area contributed by atoms with Crippen molar-refractivity contribution in [1.29, 1.82) is 0 Å². The number of aryl methyl sites for hydroxylation is 2. The van der Waals surface area contributed by atoms with Gasteiger partial charge in [0, 0.05) is 11.8 Å². The third-order valence-electron chi connectivity index (χ3n) is 2.36. The molecule has 1 aromatic heterocycles. The summed E-state index contributed by atoms with van der Waals surface area (Å²) in [5.74, 6) is 0.0781. The lowest BCUT2D eigenvalue weighted by molar-refractivity contribution is 0.430. The van der Waals surface area contributed by atoms with Gasteiger partial charge in [0.15, 0.2) is 0 Å². The number of nitrogens with zero attached hydrogens (tertiary/aromatic N) is 1. The highest BCUT2D eigenvalue weighted by Crippen LogP contribution is 2.21. The van der Waals surface area contributed by atoms with Gasteiger partial charge in [0.05, 0.1) is 10.6 Å². The summed E-state index contributed by atoms with van der Waals surface area (Å²) >= 11 is 0. The molecule has 1 aromatic carbocycles. The summed E-state index contributed by atoms with van der Waals surface area (Å²) in [6.07, 6.45) is 0. The van der Waals surface area contributed by atoms with Crippen molar-refractivity contribution in [2.75, 3.05) is 10.5 Å². The molecule has 96 valence electrons. The first-order chi connectivity index (χ1) is 8.38. The predicted octanol–water partition coefficient (Wildman–Crippen LogP) is 1.67. The standard InChI is InChI=1S/C11H13N3O3S/c1-7-3-4-9(12)6-10(7)18(15,16)14-11-5-8(2)13-17-11/h3-6,14H,12H2,1-2H3. The lowest BCUT2D eigenvalue weighted by atomic mass is 10.2. The van der Waals surface area contributed by atoms with Gasteiger partial charge in [-0.1, -0.05) is 11.2 Å². The third-order valence-corrected chi connectivity index (χ3v) is 3.85. The van der Waals surface area contributed by atoms with E-state index in [0.29, 0.717) is 16.9 Å². The van der Waals surface area contributed by atoms with Crippen LogP contribution in [0.1, 0.15) is 11.3 Å². The van der Waals surface area contributed by atoms with Crippen molar-refractivity contribution in [2.45, 2.75) is 18.7 Å². The quantitative estimate of drug-likeness (QED) is 0.824. The van der Waals surface area contributed by atoms with Crippen LogP contribution < -0.4 is 10.5 Å². The van der Waals surface area contributed by atoms with Gasteiger partial charge in [-0.3, -0.25) is 0 Å². The Morgan fingerprint density at radius 2 is 2.00 bits per heavy atom. The number of rotatable bonds is 3. The van der Waals surface area contributed by atoms with Gasteiger partial charge in [0.2, 0.25) is 5.88 Å². The molecule has 0 amide bonds. The molecule has 0 atom stereocenters. The molecule has 18 heavy (non-hydrogen) atoms. The van der Waals surface area contributed by atoms with Crippen LogP contribution in [0.25, 0.3) is 0 Å². The van der Waals surface area contributed by atoms with E-state index in [1.54, 1.807) is 26.0 Å². The van der Waals surface area contributed by atoms with Crippen molar-refractivity contribution in [3.05, 3.63) is 35.5 Å². The zero-order valence-corrected chi connectivity index (χ0v) is 10.8. The zero-order chi connectivity index (χ0) is 13.3. The van der Waals surface area contributed by atoms with E-state index < -0.39 is 10.0 Å². The molecule has 0 spiro atoms. The van der Waals surface area contributed by atoms with Crippen LogP contribution in [0.4, 0.5) is 11.6 Å². The van der Waals surface area contributed by atoms with Gasteiger partial charge in [-0.25, -0.2) is 13.1 Å². The molecule has 0 aliphatic heterocycles. The van der Waals surface area contributed by atoms with Gasteiger partial charge >= 0.3 is 0 Å². The molecular weight excluding hydrogens is 254 g/mol. The molecule has 0 saturated heterocycles. The maximum Gasteiger partial charge on any atom is 0.264 e. The van der Waals surface area contributed by atoms with Crippen LogP contribution in [0.3, 0.4) is 0 Å². The van der Waals surface area contributed by atoms with Crippen LogP contribution in [0.5, 0.6) is 0 Å². The molecule has 0 aliphatic rings. The van der Waals surface area contributed by atoms with Crippen molar-refractivity contribution in [3.8, 4) is 0 Å². The SMILES string of the molecule is Cc1cc(NS(=O)(=O)c2cc(N)ccc2C)on1. The van der Waals surface area contributed by atoms with Crippen molar-refractivity contribution >= 4 is 21.6 Å². The van der Waals surface area contributed by atoms with E-state index >= 15 is 0 Å². The summed E-state index contributed by atoms with van der Waals surface area (Å²) in [6, 6.07) is 6.20. The van der Waals surface area contributed by atoms with Gasteiger partial charge in [-0.05, 0) is 31.5 Å². The molecule has 0 fully saturated rings. The van der Waals surface area contributed by atoms with Gasteiger partial charge in [-0.15, -0.1) is 0 Å². The molecule has 0 radical (unpaired) electrons. The van der Waals surface area contributed by atoms with Crippen LogP contribution in [0.2, 0.25) is 0 Å². The molecule has 0 saturated carbocycles. The molecule has 1 heterocycles. The summed E-state index contributed by atoms with van der Waals surface area (Å²) in [7, 11) is -3.72. The number of nitrogen functional groups attached to an aromatic ring is 1. The minimum Gasteiger partial charge on any atom is -0.399 e. The summed E-state index contributed by atoms with van der Waals surface area (Å²) in [5, 5.41) is 3.61. The lowest BCUT2D eigenvalue weighted by Crippen LogP contribution is -2.14. The summed E-state index contributed by atoms with van der Waals surface area (Å²) in [5.41, 5.74) is 7.18. The number of anilines is 2. The highest BCUT2D eigenvalue weighted by Gasteiger charge is 2.19. The Bertz CT molecular complexity index is 677. The summed E-state index contributed by atoms with van der Waals surface area (Å²) < 4.78 is 31.4. The normalized spacial score (nSPS) is 11.4. The number of hydrogen-bond acceptors (Lipinski definition) is 5. The van der Waals surface area contributed by atoms with E-state index in [2.05, 4.69) is 9.88 Å². The van der Waals surface area contributed by atoms with Crippen LogP contribution in [-0.4, -0.2) is 13.6 Å². The van der Waals surface area contributed by atoms with Crippen LogP contribution in [-0.2, 0) is 10.0 Å². The monoisotopic (exact) mass is 267 g/mol. The minimum absolute atomic E-state index is 0.0781. The second kappa shape index (κ2) is 4.34. The number of hydrogen-bond donors (Lipinski definition) is 2.